The first-order valence-corrected chi connectivity index (χ1v) is 7.18. The van der Waals surface area contributed by atoms with Crippen LogP contribution in [0.2, 0.25) is 0 Å². The molecule has 0 unspecified atom stereocenters. The van der Waals surface area contributed by atoms with Gasteiger partial charge in [0.15, 0.2) is 5.96 Å². The van der Waals surface area contributed by atoms with E-state index in [2.05, 4.69) is 9.89 Å². The molecule has 0 radical (unpaired) electrons. The third-order valence-electron chi connectivity index (χ3n) is 3.63. The van der Waals surface area contributed by atoms with Crippen molar-refractivity contribution in [1.82, 2.24) is 4.90 Å². The van der Waals surface area contributed by atoms with Crippen molar-refractivity contribution in [2.75, 3.05) is 13.1 Å². The number of hydrogen-bond donors (Lipinski definition) is 1. The largest absolute Gasteiger partial charge is 0.416 e. The summed E-state index contributed by atoms with van der Waals surface area (Å²) in [5, 5.41) is 0. The van der Waals surface area contributed by atoms with Gasteiger partial charge in [0.05, 0.1) is 12.1 Å². The summed E-state index contributed by atoms with van der Waals surface area (Å²) in [6, 6.07) is 5.05. The third kappa shape index (κ3) is 4.65. The number of benzene rings is 1. The van der Waals surface area contributed by atoms with E-state index in [9.17, 15) is 13.2 Å². The maximum absolute atomic E-state index is 12.5. The predicted octanol–water partition coefficient (Wildman–Crippen LogP) is 3.40. The van der Waals surface area contributed by atoms with Crippen LogP contribution < -0.4 is 5.73 Å². The lowest BCUT2D eigenvalue weighted by Crippen LogP contribution is -2.38. The molecular weight excluding hydrogens is 279 g/mol. The van der Waals surface area contributed by atoms with Gasteiger partial charge in [-0.15, -0.1) is 0 Å². The highest BCUT2D eigenvalue weighted by Crippen LogP contribution is 2.29. The van der Waals surface area contributed by atoms with Crippen LogP contribution >= 0.6 is 0 Å². The van der Waals surface area contributed by atoms with Crippen LogP contribution in [0.1, 0.15) is 36.8 Å². The number of halogens is 3. The van der Waals surface area contributed by atoms with Crippen molar-refractivity contribution < 1.29 is 13.2 Å². The molecule has 0 aliphatic carbocycles. The lowest BCUT2D eigenvalue weighted by Gasteiger charge is -2.21. The first-order valence-electron chi connectivity index (χ1n) is 7.18. The van der Waals surface area contributed by atoms with Crippen LogP contribution in [-0.2, 0) is 12.7 Å². The minimum absolute atomic E-state index is 0.306. The van der Waals surface area contributed by atoms with E-state index in [1.807, 2.05) is 0 Å². The number of rotatable bonds is 2. The number of likely N-dealkylation sites (tertiary alicyclic amines) is 1. The normalized spacial score (nSPS) is 17.7. The molecule has 0 aromatic heterocycles. The highest BCUT2D eigenvalue weighted by molar-refractivity contribution is 5.78. The van der Waals surface area contributed by atoms with E-state index in [4.69, 9.17) is 5.73 Å². The van der Waals surface area contributed by atoms with Gasteiger partial charge in [0.2, 0.25) is 0 Å². The summed E-state index contributed by atoms with van der Waals surface area (Å²) in [4.78, 5) is 6.34. The zero-order valence-corrected chi connectivity index (χ0v) is 11.9. The fourth-order valence-electron chi connectivity index (χ4n) is 2.37. The van der Waals surface area contributed by atoms with Gasteiger partial charge >= 0.3 is 6.18 Å². The van der Waals surface area contributed by atoms with E-state index in [0.29, 0.717) is 12.5 Å². The van der Waals surface area contributed by atoms with E-state index < -0.39 is 11.7 Å². The Bertz CT molecular complexity index is 472. The maximum Gasteiger partial charge on any atom is 0.416 e. The number of nitrogens with two attached hydrogens (primary N) is 1. The molecule has 1 heterocycles. The Morgan fingerprint density at radius 3 is 2.14 bits per heavy atom. The highest BCUT2D eigenvalue weighted by Gasteiger charge is 2.29. The van der Waals surface area contributed by atoms with Gasteiger partial charge in [-0.1, -0.05) is 25.0 Å². The Hall–Kier alpha value is -1.72. The van der Waals surface area contributed by atoms with Crippen molar-refractivity contribution in [3.05, 3.63) is 35.4 Å². The quantitative estimate of drug-likeness (QED) is 0.672. The fraction of sp³-hybridized carbons (Fsp3) is 0.533. The van der Waals surface area contributed by atoms with E-state index in [0.717, 1.165) is 43.6 Å². The standard InChI is InChI=1S/C15H20F3N3/c16-15(17,18)13-7-5-12(6-8-13)11-20-14(19)21-9-3-1-2-4-10-21/h5-8H,1-4,9-11H2,(H2,19,20). The first-order chi connectivity index (χ1) is 9.97. The molecule has 116 valence electrons. The molecule has 1 aliphatic rings. The summed E-state index contributed by atoms with van der Waals surface area (Å²) in [6.45, 7) is 2.12. The van der Waals surface area contributed by atoms with Crippen LogP contribution in [-0.4, -0.2) is 23.9 Å². The molecule has 1 aliphatic heterocycles. The van der Waals surface area contributed by atoms with Crippen LogP contribution in [0, 0.1) is 0 Å². The minimum atomic E-state index is -4.30. The smallest absolute Gasteiger partial charge is 0.370 e. The molecule has 1 aromatic rings. The molecule has 1 fully saturated rings. The van der Waals surface area contributed by atoms with Crippen LogP contribution in [0.4, 0.5) is 13.2 Å². The second-order valence-corrected chi connectivity index (χ2v) is 5.27. The van der Waals surface area contributed by atoms with Gasteiger partial charge in [0.25, 0.3) is 0 Å². The Morgan fingerprint density at radius 2 is 1.62 bits per heavy atom. The topological polar surface area (TPSA) is 41.6 Å². The number of alkyl halides is 3. The van der Waals surface area contributed by atoms with Gasteiger partial charge < -0.3 is 10.6 Å². The maximum atomic E-state index is 12.5. The van der Waals surface area contributed by atoms with Crippen molar-refractivity contribution in [1.29, 1.82) is 0 Å². The number of guanidine groups is 1. The van der Waals surface area contributed by atoms with E-state index in [-0.39, 0.29) is 0 Å². The lowest BCUT2D eigenvalue weighted by molar-refractivity contribution is -0.137. The van der Waals surface area contributed by atoms with Crippen molar-refractivity contribution >= 4 is 5.96 Å². The molecule has 1 saturated heterocycles. The van der Waals surface area contributed by atoms with Crippen LogP contribution in [0.5, 0.6) is 0 Å². The van der Waals surface area contributed by atoms with Crippen molar-refractivity contribution in [2.24, 2.45) is 10.7 Å². The second-order valence-electron chi connectivity index (χ2n) is 5.27. The zero-order chi connectivity index (χ0) is 15.3. The summed E-state index contributed by atoms with van der Waals surface area (Å²) in [7, 11) is 0. The average molecular weight is 299 g/mol. The first kappa shape index (κ1) is 15.7. The molecule has 3 nitrogen and oxygen atoms in total. The lowest BCUT2D eigenvalue weighted by atomic mass is 10.1. The number of aliphatic imine (C=N–C) groups is 1. The summed E-state index contributed by atoms with van der Waals surface area (Å²) in [6.07, 6.45) is 0.339. The SMILES string of the molecule is NC(=NCc1ccc(C(F)(F)F)cc1)N1CCCCCC1. The molecule has 0 amide bonds. The molecule has 0 atom stereocenters. The van der Waals surface area contributed by atoms with Gasteiger partial charge in [-0.05, 0) is 30.5 Å². The summed E-state index contributed by atoms with van der Waals surface area (Å²) < 4.78 is 37.4. The highest BCUT2D eigenvalue weighted by atomic mass is 19.4. The van der Waals surface area contributed by atoms with E-state index in [1.54, 1.807) is 0 Å². The summed E-state index contributed by atoms with van der Waals surface area (Å²) in [5.74, 6) is 0.483. The van der Waals surface area contributed by atoms with Crippen molar-refractivity contribution in [3.8, 4) is 0 Å². The third-order valence-corrected chi connectivity index (χ3v) is 3.63. The molecule has 0 spiro atoms. The monoisotopic (exact) mass is 299 g/mol. The van der Waals surface area contributed by atoms with Crippen LogP contribution in [0.15, 0.2) is 29.3 Å². The van der Waals surface area contributed by atoms with Crippen LogP contribution in [0.25, 0.3) is 0 Å². The van der Waals surface area contributed by atoms with Crippen molar-refractivity contribution in [3.63, 3.8) is 0 Å². The molecule has 2 N–H and O–H groups in total. The van der Waals surface area contributed by atoms with Gasteiger partial charge in [-0.2, -0.15) is 13.2 Å². The molecule has 6 heteroatoms. The number of nitrogens with zero attached hydrogens (tertiary/aromatic N) is 2. The predicted molar refractivity (Wildman–Crippen MR) is 76.8 cm³/mol. The average Bonchev–Trinajstić information content (AvgIpc) is 2.73. The summed E-state index contributed by atoms with van der Waals surface area (Å²) >= 11 is 0. The summed E-state index contributed by atoms with van der Waals surface area (Å²) in [5.41, 5.74) is 6.04. The Kier molecular flexibility index (Phi) is 5.09. The second kappa shape index (κ2) is 6.83. The van der Waals surface area contributed by atoms with Crippen LogP contribution in [0.3, 0.4) is 0 Å². The minimum Gasteiger partial charge on any atom is -0.370 e. The molecule has 2 rings (SSSR count). The van der Waals surface area contributed by atoms with Crippen molar-refractivity contribution in [2.45, 2.75) is 38.4 Å². The van der Waals surface area contributed by atoms with Gasteiger partial charge in [0, 0.05) is 13.1 Å². The van der Waals surface area contributed by atoms with Gasteiger partial charge in [-0.3, -0.25) is 0 Å². The Morgan fingerprint density at radius 1 is 1.05 bits per heavy atom. The Balaban J connectivity index is 1.96. The van der Waals surface area contributed by atoms with E-state index in [1.165, 1.54) is 25.0 Å². The Labute approximate surface area is 122 Å². The zero-order valence-electron chi connectivity index (χ0n) is 11.9. The molecular formula is C15H20F3N3. The molecule has 1 aromatic carbocycles. The molecule has 0 bridgehead atoms. The van der Waals surface area contributed by atoms with Gasteiger partial charge in [-0.25, -0.2) is 4.99 Å². The van der Waals surface area contributed by atoms with Gasteiger partial charge in [0.1, 0.15) is 0 Å². The fourth-order valence-corrected chi connectivity index (χ4v) is 2.37. The molecule has 21 heavy (non-hydrogen) atoms. The van der Waals surface area contributed by atoms with E-state index >= 15 is 0 Å². The molecule has 0 saturated carbocycles. The number of hydrogen-bond acceptors (Lipinski definition) is 1.